The fraction of sp³-hybridized carbons (Fsp3) is 0.444. The average Bonchev–Trinajstić information content (AvgIpc) is 2.14. The van der Waals surface area contributed by atoms with Crippen LogP contribution in [0.5, 0.6) is 0 Å². The van der Waals surface area contributed by atoms with Crippen LogP contribution in [-0.2, 0) is 0 Å². The van der Waals surface area contributed by atoms with E-state index in [-0.39, 0.29) is 6.42 Å². The monoisotopic (exact) mass is 238 g/mol. The van der Waals surface area contributed by atoms with Crippen LogP contribution < -0.4 is 5.73 Å². The van der Waals surface area contributed by atoms with Gasteiger partial charge in [0.25, 0.3) is 0 Å². The van der Waals surface area contributed by atoms with Gasteiger partial charge in [0.1, 0.15) is 0 Å². The van der Waals surface area contributed by atoms with E-state index in [0.717, 1.165) is 0 Å². The molecule has 1 unspecified atom stereocenters. The van der Waals surface area contributed by atoms with Crippen molar-refractivity contribution in [3.05, 3.63) is 29.0 Å². The summed E-state index contributed by atoms with van der Waals surface area (Å²) >= 11 is 5.58. The minimum atomic E-state index is -4.18. The molecule has 0 bridgehead atoms. The van der Waals surface area contributed by atoms with E-state index in [1.54, 1.807) is 6.07 Å². The number of rotatable bonds is 3. The molecule has 0 aromatic carbocycles. The zero-order valence-electron chi connectivity index (χ0n) is 7.76. The summed E-state index contributed by atoms with van der Waals surface area (Å²) in [5.41, 5.74) is 5.97. The van der Waals surface area contributed by atoms with E-state index >= 15 is 0 Å². The van der Waals surface area contributed by atoms with E-state index in [4.69, 9.17) is 17.3 Å². The molecule has 1 aromatic rings. The number of halogens is 4. The van der Waals surface area contributed by atoms with Crippen LogP contribution in [0.25, 0.3) is 0 Å². The van der Waals surface area contributed by atoms with Crippen LogP contribution in [0.2, 0.25) is 5.02 Å². The molecule has 0 radical (unpaired) electrons. The van der Waals surface area contributed by atoms with Gasteiger partial charge in [0.05, 0.1) is 10.7 Å². The minimum absolute atomic E-state index is 0.169. The number of hydrogen-bond acceptors (Lipinski definition) is 2. The zero-order chi connectivity index (χ0) is 11.5. The third-order valence-electron chi connectivity index (χ3n) is 1.87. The molecule has 0 saturated carbocycles. The Morgan fingerprint density at radius 1 is 1.40 bits per heavy atom. The maximum atomic E-state index is 11.9. The molecule has 0 amide bonds. The van der Waals surface area contributed by atoms with Crippen molar-refractivity contribution in [2.75, 3.05) is 0 Å². The first-order valence-electron chi connectivity index (χ1n) is 4.32. The lowest BCUT2D eigenvalue weighted by Gasteiger charge is -2.12. The van der Waals surface area contributed by atoms with E-state index < -0.39 is 18.6 Å². The Morgan fingerprint density at radius 3 is 2.53 bits per heavy atom. The molecule has 1 aromatic heterocycles. The topological polar surface area (TPSA) is 38.9 Å². The average molecular weight is 239 g/mol. The molecule has 2 nitrogen and oxygen atoms in total. The van der Waals surface area contributed by atoms with E-state index in [1.165, 1.54) is 12.3 Å². The minimum Gasteiger partial charge on any atom is -0.323 e. The van der Waals surface area contributed by atoms with Crippen molar-refractivity contribution >= 4 is 11.6 Å². The van der Waals surface area contributed by atoms with E-state index in [9.17, 15) is 13.2 Å². The van der Waals surface area contributed by atoms with Gasteiger partial charge < -0.3 is 5.73 Å². The van der Waals surface area contributed by atoms with Gasteiger partial charge in [0, 0.05) is 18.7 Å². The summed E-state index contributed by atoms with van der Waals surface area (Å²) < 4.78 is 35.7. The normalized spacial score (nSPS) is 13.9. The van der Waals surface area contributed by atoms with Crippen molar-refractivity contribution in [3.8, 4) is 0 Å². The maximum absolute atomic E-state index is 11.9. The number of alkyl halides is 3. The summed E-state index contributed by atoms with van der Waals surface area (Å²) in [6, 6.07) is 2.38. The van der Waals surface area contributed by atoms with Gasteiger partial charge in [-0.25, -0.2) is 0 Å². The summed E-state index contributed by atoms with van der Waals surface area (Å²) in [6.07, 6.45) is -3.88. The fourth-order valence-corrected chi connectivity index (χ4v) is 1.19. The quantitative estimate of drug-likeness (QED) is 0.879. The third kappa shape index (κ3) is 4.48. The molecule has 0 spiro atoms. The lowest BCUT2D eigenvalue weighted by Crippen LogP contribution is -2.16. The van der Waals surface area contributed by atoms with Crippen LogP contribution in [-0.4, -0.2) is 11.2 Å². The van der Waals surface area contributed by atoms with Gasteiger partial charge in [-0.2, -0.15) is 13.2 Å². The molecular formula is C9H10ClF3N2. The second-order valence-corrected chi connectivity index (χ2v) is 3.60. The van der Waals surface area contributed by atoms with Gasteiger partial charge >= 0.3 is 6.18 Å². The predicted octanol–water partition coefficient (Wildman–Crippen LogP) is 3.08. The van der Waals surface area contributed by atoms with Crippen LogP contribution in [0.3, 0.4) is 0 Å². The maximum Gasteiger partial charge on any atom is 0.389 e. The number of hydrogen-bond donors (Lipinski definition) is 1. The van der Waals surface area contributed by atoms with Crippen molar-refractivity contribution < 1.29 is 13.2 Å². The van der Waals surface area contributed by atoms with Gasteiger partial charge in [-0.15, -0.1) is 0 Å². The summed E-state index contributed by atoms with van der Waals surface area (Å²) in [5.74, 6) is 0. The molecule has 1 rings (SSSR count). The van der Waals surface area contributed by atoms with Crippen molar-refractivity contribution in [1.82, 2.24) is 4.98 Å². The smallest absolute Gasteiger partial charge is 0.323 e. The first-order chi connectivity index (χ1) is 6.88. The first kappa shape index (κ1) is 12.3. The number of aromatic nitrogens is 1. The SMILES string of the molecule is NC(CCC(F)(F)F)c1ccc(Cl)cn1. The van der Waals surface area contributed by atoms with Gasteiger partial charge in [-0.1, -0.05) is 11.6 Å². The van der Waals surface area contributed by atoms with E-state index in [1.807, 2.05) is 0 Å². The molecular weight excluding hydrogens is 229 g/mol. The molecule has 1 heterocycles. The molecule has 0 aliphatic rings. The number of nitrogens with zero attached hydrogens (tertiary/aromatic N) is 1. The standard InChI is InChI=1S/C9H10ClF3N2/c10-6-1-2-8(15-5-6)7(14)3-4-9(11,12)13/h1-2,5,7H,3-4,14H2. The largest absolute Gasteiger partial charge is 0.389 e. The van der Waals surface area contributed by atoms with Crippen molar-refractivity contribution in [2.45, 2.75) is 25.1 Å². The van der Waals surface area contributed by atoms with Gasteiger partial charge in [-0.05, 0) is 18.6 Å². The van der Waals surface area contributed by atoms with Crippen LogP contribution in [0, 0.1) is 0 Å². The molecule has 0 fully saturated rings. The molecule has 15 heavy (non-hydrogen) atoms. The predicted molar refractivity (Wildman–Crippen MR) is 51.5 cm³/mol. The second-order valence-electron chi connectivity index (χ2n) is 3.16. The van der Waals surface area contributed by atoms with Gasteiger partial charge in [-0.3, -0.25) is 4.98 Å². The van der Waals surface area contributed by atoms with Crippen LogP contribution in [0.4, 0.5) is 13.2 Å². The zero-order valence-corrected chi connectivity index (χ0v) is 8.52. The molecule has 84 valence electrons. The lowest BCUT2D eigenvalue weighted by atomic mass is 10.1. The Bertz CT molecular complexity index is 310. The summed E-state index contributed by atoms with van der Waals surface area (Å²) in [4.78, 5) is 3.85. The highest BCUT2D eigenvalue weighted by atomic mass is 35.5. The Balaban J connectivity index is 2.54. The van der Waals surface area contributed by atoms with Crippen LogP contribution in [0.15, 0.2) is 18.3 Å². The summed E-state index contributed by atoms with van der Waals surface area (Å²) in [6.45, 7) is 0. The Labute approximate surface area is 90.3 Å². The van der Waals surface area contributed by atoms with Crippen LogP contribution >= 0.6 is 11.6 Å². The van der Waals surface area contributed by atoms with Crippen molar-refractivity contribution in [3.63, 3.8) is 0 Å². The highest BCUT2D eigenvalue weighted by Gasteiger charge is 2.27. The molecule has 6 heteroatoms. The summed E-state index contributed by atoms with van der Waals surface area (Å²) in [5, 5.41) is 0.432. The highest BCUT2D eigenvalue weighted by Crippen LogP contribution is 2.25. The van der Waals surface area contributed by atoms with Crippen molar-refractivity contribution in [1.29, 1.82) is 0 Å². The Kier molecular flexibility index (Phi) is 3.93. The summed E-state index contributed by atoms with van der Waals surface area (Å²) in [7, 11) is 0. The second kappa shape index (κ2) is 4.81. The van der Waals surface area contributed by atoms with E-state index in [2.05, 4.69) is 4.98 Å². The third-order valence-corrected chi connectivity index (χ3v) is 2.09. The van der Waals surface area contributed by atoms with Gasteiger partial charge in [0.2, 0.25) is 0 Å². The Hall–Kier alpha value is -0.810. The highest BCUT2D eigenvalue weighted by molar-refractivity contribution is 6.30. The number of nitrogens with two attached hydrogens (primary N) is 1. The lowest BCUT2D eigenvalue weighted by molar-refractivity contribution is -0.136. The van der Waals surface area contributed by atoms with Crippen LogP contribution in [0.1, 0.15) is 24.6 Å². The van der Waals surface area contributed by atoms with E-state index in [0.29, 0.717) is 10.7 Å². The fourth-order valence-electron chi connectivity index (χ4n) is 1.07. The molecule has 1 atom stereocenters. The molecule has 0 aliphatic heterocycles. The first-order valence-corrected chi connectivity index (χ1v) is 4.70. The number of pyridine rings is 1. The van der Waals surface area contributed by atoms with Gasteiger partial charge in [0.15, 0.2) is 0 Å². The molecule has 0 aliphatic carbocycles. The molecule has 2 N–H and O–H groups in total. The molecule has 0 saturated heterocycles. The Morgan fingerprint density at radius 2 is 2.07 bits per heavy atom. The van der Waals surface area contributed by atoms with Crippen molar-refractivity contribution in [2.24, 2.45) is 5.73 Å².